The van der Waals surface area contributed by atoms with Crippen molar-refractivity contribution in [2.24, 2.45) is 10.7 Å². The molecular formula is C19H19N5OS. The van der Waals surface area contributed by atoms with E-state index < -0.39 is 0 Å². The number of thiocarbonyl (C=S) groups is 1. The van der Waals surface area contributed by atoms with Gasteiger partial charge >= 0.3 is 0 Å². The molecule has 0 unspecified atom stereocenters. The quantitative estimate of drug-likeness (QED) is 0.641. The summed E-state index contributed by atoms with van der Waals surface area (Å²) in [5, 5.41) is 1.27. The predicted octanol–water partition coefficient (Wildman–Crippen LogP) is 2.13. The highest BCUT2D eigenvalue weighted by atomic mass is 32.1. The molecule has 6 nitrogen and oxygen atoms in total. The molecule has 0 saturated heterocycles. The molecule has 1 amide bonds. The lowest BCUT2D eigenvalue weighted by atomic mass is 10.1. The molecule has 2 aromatic carbocycles. The molecule has 0 saturated carbocycles. The number of hydrogen-bond donors (Lipinski definition) is 2. The smallest absolute Gasteiger partial charge is 0.297 e. The number of hydrazine groups is 1. The fourth-order valence-corrected chi connectivity index (χ4v) is 2.63. The van der Waals surface area contributed by atoms with E-state index in [1.807, 2.05) is 73.6 Å². The van der Waals surface area contributed by atoms with E-state index in [-0.39, 0.29) is 11.0 Å². The van der Waals surface area contributed by atoms with Gasteiger partial charge in [0.15, 0.2) is 10.9 Å². The first kappa shape index (κ1) is 17.6. The molecule has 0 spiro atoms. The van der Waals surface area contributed by atoms with E-state index >= 15 is 0 Å². The molecule has 0 radical (unpaired) electrons. The summed E-state index contributed by atoms with van der Waals surface area (Å²) in [5.74, 6) is 0.146. The van der Waals surface area contributed by atoms with Crippen LogP contribution in [-0.4, -0.2) is 36.0 Å². The average Bonchev–Trinajstić information content (AvgIpc) is 2.92. The van der Waals surface area contributed by atoms with Crippen LogP contribution in [-0.2, 0) is 4.79 Å². The summed E-state index contributed by atoms with van der Waals surface area (Å²) in [4.78, 5) is 19.3. The maximum atomic E-state index is 12.8. The van der Waals surface area contributed by atoms with Crippen molar-refractivity contribution in [1.29, 1.82) is 0 Å². The maximum Gasteiger partial charge on any atom is 0.297 e. The van der Waals surface area contributed by atoms with Crippen molar-refractivity contribution < 1.29 is 4.79 Å². The minimum absolute atomic E-state index is 0.00133. The van der Waals surface area contributed by atoms with Gasteiger partial charge in [0.25, 0.3) is 5.91 Å². The third kappa shape index (κ3) is 3.73. The molecule has 0 fully saturated rings. The lowest BCUT2D eigenvalue weighted by molar-refractivity contribution is -0.123. The monoisotopic (exact) mass is 365 g/mol. The van der Waals surface area contributed by atoms with Crippen LogP contribution in [0.15, 0.2) is 65.3 Å². The van der Waals surface area contributed by atoms with Crippen LogP contribution < -0.4 is 16.1 Å². The second-order valence-electron chi connectivity index (χ2n) is 5.93. The molecule has 26 heavy (non-hydrogen) atoms. The number of rotatable bonds is 4. The van der Waals surface area contributed by atoms with Crippen molar-refractivity contribution in [2.45, 2.75) is 0 Å². The van der Waals surface area contributed by atoms with E-state index in [9.17, 15) is 4.79 Å². The zero-order valence-corrected chi connectivity index (χ0v) is 15.3. The molecule has 0 aliphatic carbocycles. The summed E-state index contributed by atoms with van der Waals surface area (Å²) in [5.41, 5.74) is 11.3. The van der Waals surface area contributed by atoms with Crippen molar-refractivity contribution in [3.8, 4) is 0 Å². The summed E-state index contributed by atoms with van der Waals surface area (Å²) >= 11 is 4.89. The van der Waals surface area contributed by atoms with Crippen molar-refractivity contribution in [1.82, 2.24) is 10.4 Å². The van der Waals surface area contributed by atoms with Crippen LogP contribution >= 0.6 is 12.2 Å². The number of carbonyl (C=O) groups excluding carboxylic acids is 1. The highest BCUT2D eigenvalue weighted by molar-refractivity contribution is 7.80. The normalized spacial score (nSPS) is 15.2. The zero-order valence-electron chi connectivity index (χ0n) is 14.5. The van der Waals surface area contributed by atoms with E-state index in [4.69, 9.17) is 18.0 Å². The second kappa shape index (κ2) is 7.37. The van der Waals surface area contributed by atoms with Gasteiger partial charge in [0.1, 0.15) is 5.70 Å². The first-order valence-electron chi connectivity index (χ1n) is 7.99. The van der Waals surface area contributed by atoms with Crippen LogP contribution in [0.5, 0.6) is 0 Å². The number of amidine groups is 1. The highest BCUT2D eigenvalue weighted by Gasteiger charge is 2.31. The molecule has 0 aromatic heterocycles. The van der Waals surface area contributed by atoms with Crippen LogP contribution in [0, 0.1) is 0 Å². The Kier molecular flexibility index (Phi) is 4.99. The number of aliphatic imine (C=N–C) groups is 1. The number of carbonyl (C=O) groups is 1. The zero-order chi connectivity index (χ0) is 18.7. The molecule has 132 valence electrons. The molecule has 1 aliphatic heterocycles. The molecule has 3 N–H and O–H groups in total. The maximum absolute atomic E-state index is 12.8. The van der Waals surface area contributed by atoms with Gasteiger partial charge in [-0.1, -0.05) is 42.5 Å². The fraction of sp³-hybridized carbons (Fsp3) is 0.105. The number of hydrogen-bond acceptors (Lipinski definition) is 4. The fourth-order valence-electron chi connectivity index (χ4n) is 2.54. The van der Waals surface area contributed by atoms with E-state index in [0.717, 1.165) is 16.8 Å². The van der Waals surface area contributed by atoms with Gasteiger partial charge < -0.3 is 10.6 Å². The molecule has 1 aliphatic rings. The third-order valence-corrected chi connectivity index (χ3v) is 3.92. The Morgan fingerprint density at radius 3 is 2.38 bits per heavy atom. The predicted molar refractivity (Wildman–Crippen MR) is 108 cm³/mol. The first-order chi connectivity index (χ1) is 12.5. The largest absolute Gasteiger partial charge is 0.378 e. The second-order valence-corrected chi connectivity index (χ2v) is 6.37. The van der Waals surface area contributed by atoms with E-state index in [2.05, 4.69) is 10.4 Å². The Labute approximate surface area is 157 Å². The minimum atomic E-state index is -0.312. The lowest BCUT2D eigenvalue weighted by Gasteiger charge is -2.18. The van der Waals surface area contributed by atoms with Crippen molar-refractivity contribution in [3.63, 3.8) is 0 Å². The Hall–Kier alpha value is -3.19. The van der Waals surface area contributed by atoms with E-state index in [1.54, 1.807) is 6.08 Å². The van der Waals surface area contributed by atoms with Crippen LogP contribution in [0.3, 0.4) is 0 Å². The number of nitrogens with one attached hydrogen (secondary N) is 1. The Morgan fingerprint density at radius 2 is 1.81 bits per heavy atom. The van der Waals surface area contributed by atoms with E-state index in [1.165, 1.54) is 5.01 Å². The van der Waals surface area contributed by atoms with Crippen LogP contribution in [0.2, 0.25) is 0 Å². The van der Waals surface area contributed by atoms with Crippen molar-refractivity contribution in [3.05, 3.63) is 71.4 Å². The van der Waals surface area contributed by atoms with Gasteiger partial charge in [-0.2, -0.15) is 5.01 Å². The van der Waals surface area contributed by atoms with Gasteiger partial charge in [0, 0.05) is 25.3 Å². The van der Waals surface area contributed by atoms with Gasteiger partial charge in [-0.3, -0.25) is 10.2 Å². The number of amides is 1. The summed E-state index contributed by atoms with van der Waals surface area (Å²) in [6.45, 7) is 0. The van der Waals surface area contributed by atoms with Crippen molar-refractivity contribution in [2.75, 3.05) is 19.0 Å². The van der Waals surface area contributed by atoms with Crippen LogP contribution in [0.4, 0.5) is 5.69 Å². The molecular weight excluding hydrogens is 346 g/mol. The van der Waals surface area contributed by atoms with Gasteiger partial charge in [-0.15, -0.1) is 0 Å². The molecule has 0 bridgehead atoms. The topological polar surface area (TPSA) is 74.0 Å². The number of nitrogens with zero attached hydrogens (tertiary/aromatic N) is 3. The first-order valence-corrected chi connectivity index (χ1v) is 8.40. The molecule has 3 rings (SSSR count). The summed E-state index contributed by atoms with van der Waals surface area (Å²) < 4.78 is 0. The summed E-state index contributed by atoms with van der Waals surface area (Å²) in [6, 6.07) is 17.2. The lowest BCUT2D eigenvalue weighted by Crippen LogP contribution is -2.49. The van der Waals surface area contributed by atoms with Gasteiger partial charge in [-0.25, -0.2) is 4.99 Å². The summed E-state index contributed by atoms with van der Waals surface area (Å²) in [6.07, 6.45) is 1.74. The molecule has 0 atom stereocenters. The Balaban J connectivity index is 1.97. The number of anilines is 1. The molecule has 2 aromatic rings. The van der Waals surface area contributed by atoms with Crippen molar-refractivity contribution >= 4 is 40.8 Å². The summed E-state index contributed by atoms with van der Waals surface area (Å²) in [7, 11) is 3.95. The standard InChI is InChI=1S/C19H19N5OS/c1-23(2)15-10-8-13(9-11-15)12-16-18(25)24(22-19(20)26)17(21-16)14-6-4-3-5-7-14/h3-12H,1-2H3,(H3,20,22,26). The number of nitrogens with two attached hydrogens (primary N) is 1. The SMILES string of the molecule is CN(C)c1ccc(C=C2N=C(c3ccccc3)N(NC(N)=S)C2=O)cc1. The minimum Gasteiger partial charge on any atom is -0.378 e. The number of benzene rings is 2. The van der Waals surface area contributed by atoms with Crippen LogP contribution in [0.25, 0.3) is 6.08 Å². The van der Waals surface area contributed by atoms with Gasteiger partial charge in [0.05, 0.1) is 0 Å². The van der Waals surface area contributed by atoms with Gasteiger partial charge in [-0.05, 0) is 36.0 Å². The Morgan fingerprint density at radius 1 is 1.15 bits per heavy atom. The third-order valence-electron chi connectivity index (χ3n) is 3.83. The average molecular weight is 365 g/mol. The van der Waals surface area contributed by atoms with Crippen LogP contribution in [0.1, 0.15) is 11.1 Å². The van der Waals surface area contributed by atoms with E-state index in [0.29, 0.717) is 11.5 Å². The molecule has 1 heterocycles. The Bertz CT molecular complexity index is 888. The molecule has 7 heteroatoms. The van der Waals surface area contributed by atoms with Gasteiger partial charge in [0.2, 0.25) is 0 Å². The highest BCUT2D eigenvalue weighted by Crippen LogP contribution is 2.21.